The number of nitrogens with one attached hydrogen (secondary N) is 2. The first-order valence-corrected chi connectivity index (χ1v) is 12.7. The highest BCUT2D eigenvalue weighted by Crippen LogP contribution is 2.31. The number of ether oxygens (including phenoxy) is 1. The molecule has 1 saturated heterocycles. The number of alkyl halides is 6. The molecule has 0 bridgehead atoms. The molecule has 1 aliphatic heterocycles. The standard InChI is InChI=1S/C26H29F6N7O/c1-2-9-38-10-12-39(13-11-38)21-8-3-5-18(14-21)16-33-22-35-23(37-24(36-22)40-17-25(27,28)29)34-20-7-4-6-19(15-20)26(30,31)32/h3-8,14-15H,2,9-13,16-17H2,1H3,(H2,33,34,35,36,37). The Morgan fingerprint density at radius 2 is 1.60 bits per heavy atom. The van der Waals surface area contributed by atoms with Crippen molar-refractivity contribution in [3.63, 3.8) is 0 Å². The van der Waals surface area contributed by atoms with Crippen LogP contribution in [0.1, 0.15) is 24.5 Å². The summed E-state index contributed by atoms with van der Waals surface area (Å²) in [5.74, 6) is -0.395. The lowest BCUT2D eigenvalue weighted by Crippen LogP contribution is -2.46. The van der Waals surface area contributed by atoms with E-state index in [-0.39, 0.29) is 24.1 Å². The first-order chi connectivity index (χ1) is 19.0. The van der Waals surface area contributed by atoms with E-state index in [2.05, 4.69) is 47.0 Å². The van der Waals surface area contributed by atoms with E-state index in [0.29, 0.717) is 0 Å². The smallest absolute Gasteiger partial charge is 0.422 e. The van der Waals surface area contributed by atoms with Crippen molar-refractivity contribution in [1.82, 2.24) is 19.9 Å². The molecule has 3 aromatic rings. The number of nitrogens with zero attached hydrogens (tertiary/aromatic N) is 5. The van der Waals surface area contributed by atoms with Gasteiger partial charge in [-0.3, -0.25) is 4.90 Å². The molecule has 1 fully saturated rings. The lowest BCUT2D eigenvalue weighted by Gasteiger charge is -2.36. The van der Waals surface area contributed by atoms with E-state index in [9.17, 15) is 26.3 Å². The van der Waals surface area contributed by atoms with Crippen molar-refractivity contribution in [2.24, 2.45) is 0 Å². The molecule has 0 amide bonds. The summed E-state index contributed by atoms with van der Waals surface area (Å²) in [5.41, 5.74) is 0.997. The van der Waals surface area contributed by atoms with Crippen LogP contribution in [0.4, 0.5) is 49.6 Å². The largest absolute Gasteiger partial charge is 0.454 e. The number of aromatic nitrogens is 3. The molecule has 0 radical (unpaired) electrons. The van der Waals surface area contributed by atoms with Crippen LogP contribution < -0.4 is 20.3 Å². The molecular formula is C26H29F6N7O. The molecule has 0 saturated carbocycles. The van der Waals surface area contributed by atoms with Crippen LogP contribution in [0, 0.1) is 0 Å². The fourth-order valence-corrected chi connectivity index (χ4v) is 4.19. The summed E-state index contributed by atoms with van der Waals surface area (Å²) in [6.07, 6.45) is -8.11. The van der Waals surface area contributed by atoms with Crippen LogP contribution in [0.3, 0.4) is 0 Å². The van der Waals surface area contributed by atoms with Gasteiger partial charge in [0.15, 0.2) is 6.61 Å². The van der Waals surface area contributed by atoms with Crippen molar-refractivity contribution in [2.75, 3.05) is 54.9 Å². The summed E-state index contributed by atoms with van der Waals surface area (Å²) < 4.78 is 82.1. The maximum absolute atomic E-state index is 13.1. The monoisotopic (exact) mass is 569 g/mol. The number of piperazine rings is 1. The minimum Gasteiger partial charge on any atom is -0.454 e. The predicted molar refractivity (Wildman–Crippen MR) is 139 cm³/mol. The van der Waals surface area contributed by atoms with E-state index in [0.717, 1.165) is 62.5 Å². The van der Waals surface area contributed by atoms with Gasteiger partial charge in [0.05, 0.1) is 5.56 Å². The van der Waals surface area contributed by atoms with Gasteiger partial charge >= 0.3 is 18.4 Å². The minimum absolute atomic E-state index is 0.0134. The first-order valence-electron chi connectivity index (χ1n) is 12.7. The van der Waals surface area contributed by atoms with Crippen molar-refractivity contribution >= 4 is 23.3 Å². The fourth-order valence-electron chi connectivity index (χ4n) is 4.19. The van der Waals surface area contributed by atoms with E-state index in [1.165, 1.54) is 12.1 Å². The Morgan fingerprint density at radius 3 is 2.30 bits per heavy atom. The Bertz CT molecular complexity index is 1260. The van der Waals surface area contributed by atoms with Crippen molar-refractivity contribution in [3.8, 4) is 6.01 Å². The van der Waals surface area contributed by atoms with Crippen molar-refractivity contribution < 1.29 is 31.1 Å². The molecule has 40 heavy (non-hydrogen) atoms. The van der Waals surface area contributed by atoms with Gasteiger partial charge in [0.25, 0.3) is 0 Å². The zero-order valence-corrected chi connectivity index (χ0v) is 21.7. The van der Waals surface area contributed by atoms with Gasteiger partial charge in [0, 0.05) is 44.1 Å². The molecule has 4 rings (SSSR count). The predicted octanol–water partition coefficient (Wildman–Crippen LogP) is 5.72. The zero-order valence-electron chi connectivity index (χ0n) is 21.7. The summed E-state index contributed by atoms with van der Waals surface area (Å²) in [7, 11) is 0. The molecule has 2 heterocycles. The van der Waals surface area contributed by atoms with Crippen LogP contribution in [0.5, 0.6) is 6.01 Å². The fraction of sp³-hybridized carbons (Fsp3) is 0.423. The first kappa shape index (κ1) is 29.2. The summed E-state index contributed by atoms with van der Waals surface area (Å²) in [4.78, 5) is 16.5. The number of hydrogen-bond acceptors (Lipinski definition) is 8. The number of halogens is 6. The van der Waals surface area contributed by atoms with Crippen LogP contribution in [-0.2, 0) is 12.7 Å². The molecule has 8 nitrogen and oxygen atoms in total. The van der Waals surface area contributed by atoms with Crippen molar-refractivity contribution in [2.45, 2.75) is 32.2 Å². The molecule has 0 aliphatic carbocycles. The Balaban J connectivity index is 1.48. The average Bonchev–Trinajstić information content (AvgIpc) is 2.91. The second-order valence-electron chi connectivity index (χ2n) is 9.22. The Labute approximate surface area is 227 Å². The molecule has 14 heteroatoms. The SMILES string of the molecule is CCCN1CCN(c2cccc(CNc3nc(Nc4cccc(C(F)(F)F)c4)nc(OCC(F)(F)F)n3)c2)CC1. The number of benzene rings is 2. The third-order valence-electron chi connectivity index (χ3n) is 6.06. The third kappa shape index (κ3) is 8.60. The zero-order chi connectivity index (χ0) is 28.8. The molecule has 1 aromatic heterocycles. The summed E-state index contributed by atoms with van der Waals surface area (Å²) in [6.45, 7) is 5.56. The van der Waals surface area contributed by atoms with Crippen molar-refractivity contribution in [1.29, 1.82) is 0 Å². The number of hydrogen-bond donors (Lipinski definition) is 2. The van der Waals surface area contributed by atoms with E-state index in [4.69, 9.17) is 0 Å². The normalized spacial score (nSPS) is 14.7. The quantitative estimate of drug-likeness (QED) is 0.301. The van der Waals surface area contributed by atoms with Gasteiger partial charge < -0.3 is 20.3 Å². The Kier molecular flexibility index (Phi) is 9.17. The van der Waals surface area contributed by atoms with Gasteiger partial charge in [-0.2, -0.15) is 41.3 Å². The molecular weight excluding hydrogens is 540 g/mol. The summed E-state index contributed by atoms with van der Waals surface area (Å²) in [6, 6.07) is 11.4. The second-order valence-corrected chi connectivity index (χ2v) is 9.22. The molecule has 2 aromatic carbocycles. The van der Waals surface area contributed by atoms with Crippen molar-refractivity contribution in [3.05, 3.63) is 59.7 Å². The van der Waals surface area contributed by atoms with Crippen LogP contribution in [0.15, 0.2) is 48.5 Å². The molecule has 0 atom stereocenters. The maximum atomic E-state index is 13.1. The summed E-state index contributed by atoms with van der Waals surface area (Å²) in [5, 5.41) is 5.53. The lowest BCUT2D eigenvalue weighted by atomic mass is 10.1. The molecule has 2 N–H and O–H groups in total. The van der Waals surface area contributed by atoms with E-state index < -0.39 is 30.5 Å². The van der Waals surface area contributed by atoms with Gasteiger partial charge in [-0.25, -0.2) is 0 Å². The second kappa shape index (κ2) is 12.6. The van der Waals surface area contributed by atoms with Crippen LogP contribution >= 0.6 is 0 Å². The van der Waals surface area contributed by atoms with Crippen LogP contribution in [0.2, 0.25) is 0 Å². The minimum atomic E-state index is -4.64. The molecule has 216 valence electrons. The highest BCUT2D eigenvalue weighted by atomic mass is 19.4. The van der Waals surface area contributed by atoms with Crippen LogP contribution in [-0.4, -0.2) is 65.4 Å². The number of anilines is 4. The average molecular weight is 570 g/mol. The van der Waals surface area contributed by atoms with E-state index in [1.54, 1.807) is 0 Å². The van der Waals surface area contributed by atoms with E-state index >= 15 is 0 Å². The topological polar surface area (TPSA) is 78.4 Å². The maximum Gasteiger partial charge on any atom is 0.422 e. The van der Waals surface area contributed by atoms with Gasteiger partial charge in [-0.05, 0) is 48.9 Å². The molecule has 0 spiro atoms. The Morgan fingerprint density at radius 1 is 0.875 bits per heavy atom. The Hall–Kier alpha value is -3.81. The van der Waals surface area contributed by atoms with Gasteiger partial charge in [0.1, 0.15) is 0 Å². The van der Waals surface area contributed by atoms with E-state index in [1.807, 2.05) is 24.3 Å². The molecule has 1 aliphatic rings. The highest BCUT2D eigenvalue weighted by molar-refractivity contribution is 5.56. The van der Waals surface area contributed by atoms with Gasteiger partial charge in [0.2, 0.25) is 11.9 Å². The highest BCUT2D eigenvalue weighted by Gasteiger charge is 2.31. The molecule has 0 unspecified atom stereocenters. The summed E-state index contributed by atoms with van der Waals surface area (Å²) >= 11 is 0. The van der Waals surface area contributed by atoms with Gasteiger partial charge in [-0.15, -0.1) is 0 Å². The lowest BCUT2D eigenvalue weighted by molar-refractivity contribution is -0.154. The third-order valence-corrected chi connectivity index (χ3v) is 6.06. The van der Waals surface area contributed by atoms with Gasteiger partial charge in [-0.1, -0.05) is 25.1 Å². The number of rotatable bonds is 10. The van der Waals surface area contributed by atoms with Crippen LogP contribution in [0.25, 0.3) is 0 Å².